The Bertz CT molecular complexity index is 523. The maximum atomic E-state index is 12.0. The second-order valence-electron chi connectivity index (χ2n) is 5.60. The largest absolute Gasteiger partial charge is 0.352 e. The van der Waals surface area contributed by atoms with Gasteiger partial charge in [0.1, 0.15) is 0 Å². The van der Waals surface area contributed by atoms with Gasteiger partial charge in [-0.25, -0.2) is 0 Å². The van der Waals surface area contributed by atoms with Crippen molar-refractivity contribution in [1.82, 2.24) is 10.2 Å². The quantitative estimate of drug-likeness (QED) is 0.763. The van der Waals surface area contributed by atoms with Crippen LogP contribution in [-0.4, -0.2) is 42.9 Å². The molecule has 1 aliphatic heterocycles. The fraction of sp³-hybridized carbons (Fsp3) is 0.500. The molecule has 1 heterocycles. The van der Waals surface area contributed by atoms with Gasteiger partial charge in [0.05, 0.1) is 0 Å². The Hall–Kier alpha value is -1.30. The Morgan fingerprint density at radius 2 is 2.00 bits per heavy atom. The molecule has 128 valence electrons. The molecule has 0 spiro atoms. The van der Waals surface area contributed by atoms with E-state index >= 15 is 0 Å². The standard InChI is InChI=1S/C16H22ClN3O2.ClH/c17-14-5-3-13(4-6-14)16(22)19-8-1-2-15(21)20-9-7-12(10-18)11-20;/h3-6,12H,1-2,7-11,18H2,(H,19,22);1H. The highest BCUT2D eigenvalue weighted by Gasteiger charge is 2.24. The van der Waals surface area contributed by atoms with Crippen LogP contribution < -0.4 is 11.1 Å². The van der Waals surface area contributed by atoms with Gasteiger partial charge < -0.3 is 16.0 Å². The van der Waals surface area contributed by atoms with Gasteiger partial charge in [0, 0.05) is 36.6 Å². The lowest BCUT2D eigenvalue weighted by atomic mass is 10.1. The smallest absolute Gasteiger partial charge is 0.251 e. The van der Waals surface area contributed by atoms with Crippen LogP contribution >= 0.6 is 24.0 Å². The van der Waals surface area contributed by atoms with Gasteiger partial charge in [-0.1, -0.05) is 11.6 Å². The summed E-state index contributed by atoms with van der Waals surface area (Å²) in [5.74, 6) is 0.443. The lowest BCUT2D eigenvalue weighted by Crippen LogP contribution is -2.31. The van der Waals surface area contributed by atoms with E-state index in [1.54, 1.807) is 24.3 Å². The van der Waals surface area contributed by atoms with Crippen molar-refractivity contribution < 1.29 is 9.59 Å². The zero-order valence-corrected chi connectivity index (χ0v) is 14.5. The molecule has 7 heteroatoms. The minimum Gasteiger partial charge on any atom is -0.352 e. The van der Waals surface area contributed by atoms with Crippen LogP contribution in [-0.2, 0) is 4.79 Å². The van der Waals surface area contributed by atoms with Crippen molar-refractivity contribution in [1.29, 1.82) is 0 Å². The molecule has 2 amide bonds. The monoisotopic (exact) mass is 359 g/mol. The molecule has 1 aromatic carbocycles. The Morgan fingerprint density at radius 3 is 2.61 bits per heavy atom. The van der Waals surface area contributed by atoms with Crippen LogP contribution in [0.15, 0.2) is 24.3 Å². The van der Waals surface area contributed by atoms with Crippen LogP contribution in [0.3, 0.4) is 0 Å². The van der Waals surface area contributed by atoms with Gasteiger partial charge in [0.25, 0.3) is 5.91 Å². The molecule has 2 rings (SSSR count). The van der Waals surface area contributed by atoms with Crippen molar-refractivity contribution in [3.63, 3.8) is 0 Å². The van der Waals surface area contributed by atoms with Gasteiger partial charge in [-0.15, -0.1) is 12.4 Å². The van der Waals surface area contributed by atoms with Crippen LogP contribution in [0.2, 0.25) is 5.02 Å². The van der Waals surface area contributed by atoms with Gasteiger partial charge in [-0.2, -0.15) is 0 Å². The van der Waals surface area contributed by atoms with E-state index in [1.807, 2.05) is 4.90 Å². The maximum absolute atomic E-state index is 12.0. The highest BCUT2D eigenvalue weighted by atomic mass is 35.5. The number of hydrogen-bond donors (Lipinski definition) is 2. The fourth-order valence-corrected chi connectivity index (χ4v) is 2.68. The van der Waals surface area contributed by atoms with E-state index in [2.05, 4.69) is 5.32 Å². The first kappa shape index (κ1) is 19.7. The van der Waals surface area contributed by atoms with Gasteiger partial charge in [-0.3, -0.25) is 9.59 Å². The number of hydrogen-bond acceptors (Lipinski definition) is 3. The number of nitrogens with two attached hydrogens (primary N) is 1. The molecule has 1 unspecified atom stereocenters. The average molecular weight is 360 g/mol. The van der Waals surface area contributed by atoms with Crippen LogP contribution in [0, 0.1) is 5.92 Å². The van der Waals surface area contributed by atoms with E-state index in [0.717, 1.165) is 19.5 Å². The number of halogens is 2. The minimum atomic E-state index is -0.145. The Labute approximate surface area is 148 Å². The molecule has 1 fully saturated rings. The number of likely N-dealkylation sites (tertiary alicyclic amines) is 1. The van der Waals surface area contributed by atoms with E-state index < -0.39 is 0 Å². The summed E-state index contributed by atoms with van der Waals surface area (Å²) in [6, 6.07) is 6.72. The number of nitrogens with zero attached hydrogens (tertiary/aromatic N) is 1. The lowest BCUT2D eigenvalue weighted by Gasteiger charge is -2.16. The maximum Gasteiger partial charge on any atom is 0.251 e. The van der Waals surface area contributed by atoms with Crippen molar-refractivity contribution >= 4 is 35.8 Å². The number of rotatable bonds is 6. The first-order chi connectivity index (χ1) is 10.6. The SMILES string of the molecule is Cl.NCC1CCN(C(=O)CCCNC(=O)c2ccc(Cl)cc2)C1. The van der Waals surface area contributed by atoms with Gasteiger partial charge in [0.15, 0.2) is 0 Å². The van der Waals surface area contributed by atoms with Crippen molar-refractivity contribution in [2.45, 2.75) is 19.3 Å². The first-order valence-corrected chi connectivity index (χ1v) is 7.99. The Kier molecular flexibility index (Phi) is 8.37. The minimum absolute atomic E-state index is 0. The summed E-state index contributed by atoms with van der Waals surface area (Å²) >= 11 is 5.78. The van der Waals surface area contributed by atoms with E-state index in [-0.39, 0.29) is 24.2 Å². The molecule has 0 radical (unpaired) electrons. The zero-order valence-electron chi connectivity index (χ0n) is 13.0. The highest BCUT2D eigenvalue weighted by Crippen LogP contribution is 2.16. The number of benzene rings is 1. The van der Waals surface area contributed by atoms with Crippen LogP contribution in [0.1, 0.15) is 29.6 Å². The van der Waals surface area contributed by atoms with Gasteiger partial charge in [-0.05, 0) is 49.6 Å². The number of amides is 2. The Balaban J connectivity index is 0.00000264. The lowest BCUT2D eigenvalue weighted by molar-refractivity contribution is -0.130. The van der Waals surface area contributed by atoms with E-state index in [9.17, 15) is 9.59 Å². The van der Waals surface area contributed by atoms with Crippen LogP contribution in [0.25, 0.3) is 0 Å². The Morgan fingerprint density at radius 1 is 1.30 bits per heavy atom. The molecule has 23 heavy (non-hydrogen) atoms. The molecule has 0 aromatic heterocycles. The number of carbonyl (C=O) groups excluding carboxylic acids is 2. The third kappa shape index (κ3) is 6.01. The molecule has 1 aliphatic rings. The summed E-state index contributed by atoms with van der Waals surface area (Å²) in [5, 5.41) is 3.41. The second kappa shape index (κ2) is 9.75. The summed E-state index contributed by atoms with van der Waals surface area (Å²) in [6.45, 7) is 2.70. The molecule has 0 bridgehead atoms. The highest BCUT2D eigenvalue weighted by molar-refractivity contribution is 6.30. The van der Waals surface area contributed by atoms with E-state index in [4.69, 9.17) is 17.3 Å². The molecular weight excluding hydrogens is 337 g/mol. The summed E-state index contributed by atoms with van der Waals surface area (Å²) < 4.78 is 0. The molecule has 0 saturated carbocycles. The topological polar surface area (TPSA) is 75.4 Å². The molecule has 1 saturated heterocycles. The predicted octanol–water partition coefficient (Wildman–Crippen LogP) is 2.08. The normalized spacial score (nSPS) is 16.8. The summed E-state index contributed by atoms with van der Waals surface area (Å²) in [4.78, 5) is 25.8. The average Bonchev–Trinajstić information content (AvgIpc) is 3.01. The van der Waals surface area contributed by atoms with Crippen LogP contribution in [0.5, 0.6) is 0 Å². The number of carbonyl (C=O) groups is 2. The molecular formula is C16H23Cl2N3O2. The van der Waals surface area contributed by atoms with Crippen molar-refractivity contribution in [2.24, 2.45) is 11.7 Å². The van der Waals surface area contributed by atoms with Crippen molar-refractivity contribution in [3.05, 3.63) is 34.9 Å². The number of nitrogens with one attached hydrogen (secondary N) is 1. The molecule has 1 atom stereocenters. The molecule has 1 aromatic rings. The first-order valence-electron chi connectivity index (χ1n) is 7.61. The second-order valence-corrected chi connectivity index (χ2v) is 6.03. The molecule has 3 N–H and O–H groups in total. The summed E-state index contributed by atoms with van der Waals surface area (Å²) in [5.41, 5.74) is 6.19. The van der Waals surface area contributed by atoms with E-state index in [0.29, 0.717) is 42.4 Å². The van der Waals surface area contributed by atoms with Crippen molar-refractivity contribution in [2.75, 3.05) is 26.2 Å². The molecule has 5 nitrogen and oxygen atoms in total. The third-order valence-electron chi connectivity index (χ3n) is 3.93. The van der Waals surface area contributed by atoms with E-state index in [1.165, 1.54) is 0 Å². The van der Waals surface area contributed by atoms with Crippen LogP contribution in [0.4, 0.5) is 0 Å². The summed E-state index contributed by atoms with van der Waals surface area (Å²) in [6.07, 6.45) is 2.09. The summed E-state index contributed by atoms with van der Waals surface area (Å²) in [7, 11) is 0. The van der Waals surface area contributed by atoms with Crippen molar-refractivity contribution in [3.8, 4) is 0 Å². The predicted molar refractivity (Wildman–Crippen MR) is 94.0 cm³/mol. The fourth-order valence-electron chi connectivity index (χ4n) is 2.55. The van der Waals surface area contributed by atoms with Gasteiger partial charge in [0.2, 0.25) is 5.91 Å². The zero-order chi connectivity index (χ0) is 15.9. The third-order valence-corrected chi connectivity index (χ3v) is 4.18. The molecule has 0 aliphatic carbocycles. The van der Waals surface area contributed by atoms with Gasteiger partial charge >= 0.3 is 0 Å².